The van der Waals surface area contributed by atoms with E-state index in [0.717, 1.165) is 21.8 Å². The number of benzene rings is 5. The van der Waals surface area contributed by atoms with Crippen LogP contribution in [0.3, 0.4) is 0 Å². The second kappa shape index (κ2) is 7.68. The molecule has 0 radical (unpaired) electrons. The van der Waals surface area contributed by atoms with Crippen molar-refractivity contribution in [2.24, 2.45) is 0 Å². The molecule has 0 aliphatic heterocycles. The zero-order valence-corrected chi connectivity index (χ0v) is 19.2. The van der Waals surface area contributed by atoms with Crippen LogP contribution in [-0.2, 0) is 0 Å². The van der Waals surface area contributed by atoms with Gasteiger partial charge in [0, 0.05) is 22.0 Å². The lowest BCUT2D eigenvalue weighted by Crippen LogP contribution is -1.93. The zero-order chi connectivity index (χ0) is 22.5. The molecule has 0 saturated carbocycles. The van der Waals surface area contributed by atoms with Crippen LogP contribution in [0.4, 0.5) is 0 Å². The standard InChI is InChI=1S/C31H20N2S/c1-3-9-21(10-4-1)22-15-17-24(18-16-22)33-28-14-8-7-13-25(28)26-19-20-27-30(29(26)33)34-31(32-27)23-11-5-2-6-12-23/h1-20H. The number of thiazole rings is 1. The van der Waals surface area contributed by atoms with E-state index in [4.69, 9.17) is 4.98 Å². The molecule has 0 bridgehead atoms. The molecule has 0 aliphatic rings. The van der Waals surface area contributed by atoms with Crippen molar-refractivity contribution < 1.29 is 0 Å². The number of para-hydroxylation sites is 1. The van der Waals surface area contributed by atoms with Gasteiger partial charge in [0.05, 0.1) is 21.3 Å². The Hall–Kier alpha value is -4.21. The molecule has 0 aliphatic carbocycles. The molecule has 0 spiro atoms. The summed E-state index contributed by atoms with van der Waals surface area (Å²) in [4.78, 5) is 5.00. The van der Waals surface area contributed by atoms with Gasteiger partial charge < -0.3 is 4.57 Å². The molecule has 0 saturated heterocycles. The van der Waals surface area contributed by atoms with Crippen LogP contribution in [0.1, 0.15) is 0 Å². The van der Waals surface area contributed by atoms with E-state index in [-0.39, 0.29) is 0 Å². The average molecular weight is 453 g/mol. The number of hydrogen-bond donors (Lipinski definition) is 0. The van der Waals surface area contributed by atoms with Gasteiger partial charge >= 0.3 is 0 Å². The molecule has 2 aromatic heterocycles. The van der Waals surface area contributed by atoms with Crippen molar-refractivity contribution >= 4 is 43.4 Å². The van der Waals surface area contributed by atoms with E-state index in [2.05, 4.69) is 120 Å². The fraction of sp³-hybridized carbons (Fsp3) is 0. The van der Waals surface area contributed by atoms with E-state index in [1.807, 2.05) is 6.07 Å². The Morgan fingerprint density at radius 2 is 1.18 bits per heavy atom. The van der Waals surface area contributed by atoms with Crippen molar-refractivity contribution in [3.8, 4) is 27.4 Å². The molecular weight excluding hydrogens is 432 g/mol. The molecule has 3 heteroatoms. The van der Waals surface area contributed by atoms with Crippen LogP contribution >= 0.6 is 11.3 Å². The van der Waals surface area contributed by atoms with E-state index < -0.39 is 0 Å². The van der Waals surface area contributed by atoms with Gasteiger partial charge in [0.15, 0.2) is 0 Å². The molecule has 34 heavy (non-hydrogen) atoms. The third kappa shape index (κ3) is 2.98. The van der Waals surface area contributed by atoms with Gasteiger partial charge in [-0.25, -0.2) is 4.98 Å². The van der Waals surface area contributed by atoms with Crippen LogP contribution in [0, 0.1) is 0 Å². The summed E-state index contributed by atoms with van der Waals surface area (Å²) in [5.74, 6) is 0. The first kappa shape index (κ1) is 19.3. The number of fused-ring (bicyclic) bond motifs is 5. The van der Waals surface area contributed by atoms with Crippen molar-refractivity contribution in [1.29, 1.82) is 0 Å². The molecule has 0 amide bonds. The topological polar surface area (TPSA) is 17.8 Å². The first-order valence-electron chi connectivity index (χ1n) is 11.4. The van der Waals surface area contributed by atoms with Gasteiger partial charge in [-0.15, -0.1) is 11.3 Å². The van der Waals surface area contributed by atoms with Gasteiger partial charge in [0.1, 0.15) is 5.01 Å². The third-order valence-electron chi connectivity index (χ3n) is 6.44. The third-order valence-corrected chi connectivity index (χ3v) is 7.57. The Morgan fingerprint density at radius 3 is 1.94 bits per heavy atom. The van der Waals surface area contributed by atoms with Crippen LogP contribution in [0.15, 0.2) is 121 Å². The van der Waals surface area contributed by atoms with E-state index >= 15 is 0 Å². The van der Waals surface area contributed by atoms with Gasteiger partial charge in [-0.1, -0.05) is 91.0 Å². The van der Waals surface area contributed by atoms with E-state index in [9.17, 15) is 0 Å². The molecule has 5 aromatic carbocycles. The Kier molecular flexibility index (Phi) is 4.36. The zero-order valence-electron chi connectivity index (χ0n) is 18.3. The number of hydrogen-bond acceptors (Lipinski definition) is 2. The summed E-state index contributed by atoms with van der Waals surface area (Å²) in [5, 5.41) is 3.58. The van der Waals surface area contributed by atoms with Gasteiger partial charge in [0.25, 0.3) is 0 Å². The number of nitrogens with zero attached hydrogens (tertiary/aromatic N) is 2. The van der Waals surface area contributed by atoms with Crippen molar-refractivity contribution in [2.45, 2.75) is 0 Å². The summed E-state index contributed by atoms with van der Waals surface area (Å²) < 4.78 is 3.62. The van der Waals surface area contributed by atoms with Crippen LogP contribution in [-0.4, -0.2) is 9.55 Å². The van der Waals surface area contributed by atoms with Crippen molar-refractivity contribution in [3.05, 3.63) is 121 Å². The smallest absolute Gasteiger partial charge is 0.124 e. The van der Waals surface area contributed by atoms with Crippen LogP contribution in [0.2, 0.25) is 0 Å². The van der Waals surface area contributed by atoms with Gasteiger partial charge in [-0.05, 0) is 41.5 Å². The maximum atomic E-state index is 5.00. The minimum atomic E-state index is 1.04. The summed E-state index contributed by atoms with van der Waals surface area (Å²) in [7, 11) is 0. The largest absolute Gasteiger partial charge is 0.308 e. The summed E-state index contributed by atoms with van der Waals surface area (Å²) in [6.07, 6.45) is 0. The molecule has 2 nitrogen and oxygen atoms in total. The van der Waals surface area contributed by atoms with Crippen molar-refractivity contribution in [1.82, 2.24) is 9.55 Å². The molecule has 2 heterocycles. The maximum Gasteiger partial charge on any atom is 0.124 e. The summed E-state index contributed by atoms with van der Waals surface area (Å²) in [6.45, 7) is 0. The molecule has 160 valence electrons. The summed E-state index contributed by atoms with van der Waals surface area (Å²) in [6, 6.07) is 42.9. The molecule has 0 N–H and O–H groups in total. The number of aromatic nitrogens is 2. The normalized spacial score (nSPS) is 11.5. The average Bonchev–Trinajstić information content (AvgIpc) is 3.49. The fourth-order valence-corrected chi connectivity index (χ4v) is 5.95. The van der Waals surface area contributed by atoms with E-state index in [1.165, 1.54) is 37.6 Å². The predicted octanol–water partition coefficient (Wildman–Crippen LogP) is 8.73. The van der Waals surface area contributed by atoms with Crippen LogP contribution in [0.5, 0.6) is 0 Å². The molecule has 0 atom stereocenters. The molecule has 0 fully saturated rings. The molecular formula is C31H20N2S. The van der Waals surface area contributed by atoms with Crippen molar-refractivity contribution in [3.63, 3.8) is 0 Å². The van der Waals surface area contributed by atoms with Crippen LogP contribution in [0.25, 0.3) is 59.4 Å². The second-order valence-electron chi connectivity index (χ2n) is 8.46. The minimum absolute atomic E-state index is 1.04. The lowest BCUT2D eigenvalue weighted by Gasteiger charge is -2.10. The monoisotopic (exact) mass is 452 g/mol. The Balaban J connectivity index is 1.50. The first-order valence-corrected chi connectivity index (χ1v) is 12.2. The highest BCUT2D eigenvalue weighted by Gasteiger charge is 2.17. The van der Waals surface area contributed by atoms with E-state index in [1.54, 1.807) is 11.3 Å². The lowest BCUT2D eigenvalue weighted by molar-refractivity contribution is 1.19. The highest BCUT2D eigenvalue weighted by Crippen LogP contribution is 2.40. The van der Waals surface area contributed by atoms with Gasteiger partial charge in [-0.3, -0.25) is 0 Å². The lowest BCUT2D eigenvalue weighted by atomic mass is 10.1. The van der Waals surface area contributed by atoms with E-state index in [0.29, 0.717) is 0 Å². The first-order chi connectivity index (χ1) is 16.9. The van der Waals surface area contributed by atoms with Gasteiger partial charge in [0.2, 0.25) is 0 Å². The Morgan fingerprint density at radius 1 is 0.529 bits per heavy atom. The summed E-state index contributed by atoms with van der Waals surface area (Å²) >= 11 is 1.77. The highest BCUT2D eigenvalue weighted by atomic mass is 32.1. The Labute approximate surface area is 201 Å². The Bertz CT molecular complexity index is 1780. The van der Waals surface area contributed by atoms with Gasteiger partial charge in [-0.2, -0.15) is 0 Å². The molecule has 0 unspecified atom stereocenters. The summed E-state index contributed by atoms with van der Waals surface area (Å²) in [5.41, 5.74) is 8.26. The quantitative estimate of drug-likeness (QED) is 0.262. The molecule has 7 aromatic rings. The maximum absolute atomic E-state index is 5.00. The van der Waals surface area contributed by atoms with Crippen molar-refractivity contribution in [2.75, 3.05) is 0 Å². The predicted molar refractivity (Wildman–Crippen MR) is 145 cm³/mol. The van der Waals surface area contributed by atoms with Crippen LogP contribution < -0.4 is 0 Å². The fourth-order valence-electron chi connectivity index (χ4n) is 4.84. The SMILES string of the molecule is c1ccc(-c2ccc(-n3c4ccccc4c4ccc5nc(-c6ccccc6)sc5c43)cc2)cc1. The highest BCUT2D eigenvalue weighted by molar-refractivity contribution is 7.22. The number of rotatable bonds is 3. The minimum Gasteiger partial charge on any atom is -0.308 e. The molecule has 7 rings (SSSR count). The second-order valence-corrected chi connectivity index (χ2v) is 9.46.